The van der Waals surface area contributed by atoms with Crippen molar-refractivity contribution in [3.8, 4) is 0 Å². The molecule has 10 heavy (non-hydrogen) atoms. The van der Waals surface area contributed by atoms with E-state index in [1.54, 1.807) is 0 Å². The molecule has 2 nitrogen and oxygen atoms in total. The van der Waals surface area contributed by atoms with E-state index in [-0.39, 0.29) is 0 Å². The molecule has 2 heterocycles. The number of epoxide rings is 1. The quantitative estimate of drug-likeness (QED) is 0.545. The fourth-order valence-corrected chi connectivity index (χ4v) is 0.954. The second kappa shape index (κ2) is 2.06. The minimum atomic E-state index is 0.292. The summed E-state index contributed by atoms with van der Waals surface area (Å²) >= 11 is 0. The zero-order chi connectivity index (χ0) is 6.97. The Hall–Kier alpha value is -0.890. The van der Waals surface area contributed by atoms with Crippen LogP contribution in [-0.2, 0) is 4.74 Å². The smallest absolute Gasteiger partial charge is 0.123 e. The number of aromatic nitrogens is 1. The van der Waals surface area contributed by atoms with Gasteiger partial charge in [-0.3, -0.25) is 4.98 Å². The van der Waals surface area contributed by atoms with Crippen LogP contribution >= 0.6 is 0 Å². The third-order valence-electron chi connectivity index (χ3n) is 1.60. The first-order valence-corrected chi connectivity index (χ1v) is 3.40. The van der Waals surface area contributed by atoms with Crippen molar-refractivity contribution in [1.29, 1.82) is 0 Å². The lowest BCUT2D eigenvalue weighted by molar-refractivity contribution is 0.411. The zero-order valence-corrected chi connectivity index (χ0v) is 5.87. The summed E-state index contributed by atoms with van der Waals surface area (Å²) < 4.78 is 5.09. The van der Waals surface area contributed by atoms with Gasteiger partial charge in [0, 0.05) is 6.20 Å². The first-order valence-electron chi connectivity index (χ1n) is 3.40. The van der Waals surface area contributed by atoms with Crippen molar-refractivity contribution in [1.82, 2.24) is 4.98 Å². The summed E-state index contributed by atoms with van der Waals surface area (Å²) in [5.41, 5.74) is 2.32. The lowest BCUT2D eigenvalue weighted by Gasteiger charge is -1.94. The Kier molecular flexibility index (Phi) is 1.21. The van der Waals surface area contributed by atoms with Crippen LogP contribution in [-0.4, -0.2) is 11.6 Å². The van der Waals surface area contributed by atoms with Gasteiger partial charge in [-0.2, -0.15) is 0 Å². The van der Waals surface area contributed by atoms with Crippen molar-refractivity contribution in [2.24, 2.45) is 0 Å². The number of ether oxygens (including phenoxy) is 1. The Bertz CT molecular complexity index is 243. The van der Waals surface area contributed by atoms with Crippen LogP contribution in [0.3, 0.4) is 0 Å². The van der Waals surface area contributed by atoms with Gasteiger partial charge in [0.25, 0.3) is 0 Å². The molecule has 1 aliphatic heterocycles. The van der Waals surface area contributed by atoms with E-state index in [4.69, 9.17) is 4.74 Å². The lowest BCUT2D eigenvalue weighted by Crippen LogP contribution is -1.86. The van der Waals surface area contributed by atoms with E-state index < -0.39 is 0 Å². The van der Waals surface area contributed by atoms with E-state index in [0.29, 0.717) is 6.10 Å². The SMILES string of the molecule is Cc1ccnc([C@@H]2CO2)c1. The molecule has 0 aromatic carbocycles. The molecule has 0 unspecified atom stereocenters. The molecule has 2 rings (SSSR count). The summed E-state index contributed by atoms with van der Waals surface area (Å²) in [5.74, 6) is 0. The molecule has 1 atom stereocenters. The van der Waals surface area contributed by atoms with Gasteiger partial charge in [0.2, 0.25) is 0 Å². The number of rotatable bonds is 1. The predicted molar refractivity (Wildman–Crippen MR) is 37.7 cm³/mol. The van der Waals surface area contributed by atoms with Crippen LogP contribution < -0.4 is 0 Å². The predicted octanol–water partition coefficient (Wildman–Crippen LogP) is 1.46. The second-order valence-electron chi connectivity index (χ2n) is 2.58. The molecule has 0 aliphatic carbocycles. The van der Waals surface area contributed by atoms with Gasteiger partial charge in [0.1, 0.15) is 6.10 Å². The molecule has 1 aromatic heterocycles. The van der Waals surface area contributed by atoms with Gasteiger partial charge in [-0.05, 0) is 24.6 Å². The van der Waals surface area contributed by atoms with Crippen molar-refractivity contribution in [2.75, 3.05) is 6.61 Å². The highest BCUT2D eigenvalue weighted by Gasteiger charge is 2.25. The van der Waals surface area contributed by atoms with Gasteiger partial charge in [0.15, 0.2) is 0 Å². The third kappa shape index (κ3) is 1.02. The first-order chi connectivity index (χ1) is 4.86. The molecule has 1 fully saturated rings. The number of pyridine rings is 1. The summed E-state index contributed by atoms with van der Waals surface area (Å²) in [7, 11) is 0. The molecule has 0 radical (unpaired) electrons. The number of aryl methyl sites for hydroxylation is 1. The molecule has 1 saturated heterocycles. The maximum absolute atomic E-state index is 5.09. The molecule has 0 saturated carbocycles. The molecule has 0 amide bonds. The van der Waals surface area contributed by atoms with E-state index in [2.05, 4.69) is 18.0 Å². The van der Waals surface area contributed by atoms with Gasteiger partial charge >= 0.3 is 0 Å². The Labute approximate surface area is 59.9 Å². The fourth-order valence-electron chi connectivity index (χ4n) is 0.954. The van der Waals surface area contributed by atoms with Gasteiger partial charge < -0.3 is 4.74 Å². The van der Waals surface area contributed by atoms with E-state index >= 15 is 0 Å². The Morgan fingerprint density at radius 2 is 2.50 bits per heavy atom. The van der Waals surface area contributed by atoms with Crippen LogP contribution in [0.15, 0.2) is 18.3 Å². The van der Waals surface area contributed by atoms with Crippen LogP contribution in [0.5, 0.6) is 0 Å². The highest BCUT2D eigenvalue weighted by atomic mass is 16.6. The molecule has 1 aromatic rings. The van der Waals surface area contributed by atoms with Gasteiger partial charge in [-0.15, -0.1) is 0 Å². The van der Waals surface area contributed by atoms with Crippen LogP contribution in [0, 0.1) is 6.92 Å². The largest absolute Gasteiger partial charge is 0.366 e. The average Bonchev–Trinajstić information content (AvgIpc) is 2.68. The topological polar surface area (TPSA) is 25.4 Å². The van der Waals surface area contributed by atoms with Crippen LogP contribution in [0.4, 0.5) is 0 Å². The molecule has 1 aliphatic rings. The van der Waals surface area contributed by atoms with Crippen molar-refractivity contribution >= 4 is 0 Å². The Morgan fingerprint density at radius 3 is 3.10 bits per heavy atom. The molecular weight excluding hydrogens is 126 g/mol. The van der Waals surface area contributed by atoms with Gasteiger partial charge in [-0.1, -0.05) is 0 Å². The average molecular weight is 135 g/mol. The van der Waals surface area contributed by atoms with Gasteiger partial charge in [0.05, 0.1) is 12.3 Å². The maximum Gasteiger partial charge on any atom is 0.123 e. The monoisotopic (exact) mass is 135 g/mol. The lowest BCUT2D eigenvalue weighted by atomic mass is 10.2. The summed E-state index contributed by atoms with van der Waals surface area (Å²) in [6, 6.07) is 4.06. The zero-order valence-electron chi connectivity index (χ0n) is 5.87. The fraction of sp³-hybridized carbons (Fsp3) is 0.375. The van der Waals surface area contributed by atoms with E-state index in [0.717, 1.165) is 12.3 Å². The number of hydrogen-bond acceptors (Lipinski definition) is 2. The summed E-state index contributed by atoms with van der Waals surface area (Å²) in [4.78, 5) is 4.18. The summed E-state index contributed by atoms with van der Waals surface area (Å²) in [6.07, 6.45) is 2.12. The first kappa shape index (κ1) is 5.86. The van der Waals surface area contributed by atoms with Gasteiger partial charge in [-0.25, -0.2) is 0 Å². The highest BCUT2D eigenvalue weighted by Crippen LogP contribution is 2.27. The third-order valence-corrected chi connectivity index (χ3v) is 1.60. The summed E-state index contributed by atoms with van der Waals surface area (Å²) in [5, 5.41) is 0. The standard InChI is InChI=1S/C8H9NO/c1-6-2-3-9-7(4-6)8-5-10-8/h2-4,8H,5H2,1H3/t8-/m0/s1. The van der Waals surface area contributed by atoms with E-state index in [1.807, 2.05) is 12.3 Å². The molecule has 0 N–H and O–H groups in total. The second-order valence-corrected chi connectivity index (χ2v) is 2.58. The molecule has 0 bridgehead atoms. The molecule has 52 valence electrons. The molecular formula is C8H9NO. The molecule has 2 heteroatoms. The van der Waals surface area contributed by atoms with Crippen molar-refractivity contribution in [3.63, 3.8) is 0 Å². The Balaban J connectivity index is 2.32. The molecule has 0 spiro atoms. The van der Waals surface area contributed by atoms with E-state index in [9.17, 15) is 0 Å². The summed E-state index contributed by atoms with van der Waals surface area (Å²) in [6.45, 7) is 2.91. The maximum atomic E-state index is 5.09. The number of hydrogen-bond donors (Lipinski definition) is 0. The van der Waals surface area contributed by atoms with Crippen molar-refractivity contribution < 1.29 is 4.74 Å². The minimum absolute atomic E-state index is 0.292. The number of nitrogens with zero attached hydrogens (tertiary/aromatic N) is 1. The van der Waals surface area contributed by atoms with Crippen molar-refractivity contribution in [2.45, 2.75) is 13.0 Å². The van der Waals surface area contributed by atoms with Crippen LogP contribution in [0.25, 0.3) is 0 Å². The van der Waals surface area contributed by atoms with E-state index in [1.165, 1.54) is 5.56 Å². The van der Waals surface area contributed by atoms with Crippen molar-refractivity contribution in [3.05, 3.63) is 29.6 Å². The minimum Gasteiger partial charge on any atom is -0.366 e. The van der Waals surface area contributed by atoms with Crippen LogP contribution in [0.1, 0.15) is 17.4 Å². The highest BCUT2D eigenvalue weighted by molar-refractivity contribution is 5.18. The Morgan fingerprint density at radius 1 is 1.70 bits per heavy atom. The normalized spacial score (nSPS) is 22.7. The van der Waals surface area contributed by atoms with Crippen LogP contribution in [0.2, 0.25) is 0 Å².